The second-order valence-corrected chi connectivity index (χ2v) is 6.19. The van der Waals surface area contributed by atoms with Crippen molar-refractivity contribution in [1.82, 2.24) is 5.32 Å². The Morgan fingerprint density at radius 1 is 1.30 bits per heavy atom. The third-order valence-corrected chi connectivity index (χ3v) is 4.03. The van der Waals surface area contributed by atoms with E-state index in [-0.39, 0.29) is 18.1 Å². The Labute approximate surface area is 140 Å². The zero-order valence-corrected chi connectivity index (χ0v) is 14.8. The van der Waals surface area contributed by atoms with Crippen molar-refractivity contribution in [2.45, 2.75) is 70.9 Å². The van der Waals surface area contributed by atoms with Crippen LogP contribution in [0.15, 0.2) is 30.3 Å². The molecule has 0 radical (unpaired) electrons. The van der Waals surface area contributed by atoms with Crippen LogP contribution < -0.4 is 11.1 Å². The Kier molecular flexibility index (Phi) is 9.37. The average molecular weight is 320 g/mol. The van der Waals surface area contributed by atoms with Gasteiger partial charge in [0.2, 0.25) is 0 Å². The molecule has 0 saturated heterocycles. The molecule has 0 bridgehead atoms. The van der Waals surface area contributed by atoms with Crippen molar-refractivity contribution in [3.05, 3.63) is 35.9 Å². The lowest BCUT2D eigenvalue weighted by molar-refractivity contribution is 0.139. The van der Waals surface area contributed by atoms with Crippen LogP contribution in [0.5, 0.6) is 0 Å². The summed E-state index contributed by atoms with van der Waals surface area (Å²) < 4.78 is 5.15. The maximum atomic E-state index is 11.7. The Bertz CT molecular complexity index is 432. The van der Waals surface area contributed by atoms with Crippen molar-refractivity contribution in [2.75, 3.05) is 6.61 Å². The summed E-state index contributed by atoms with van der Waals surface area (Å²) in [5.41, 5.74) is 6.46. The molecule has 0 aromatic heterocycles. The monoisotopic (exact) mass is 320 g/mol. The number of nitrogens with two attached hydrogens (primary N) is 1. The number of amides is 1. The summed E-state index contributed by atoms with van der Waals surface area (Å²) in [5, 5.41) is 2.96. The molecule has 4 heteroatoms. The first-order valence-corrected chi connectivity index (χ1v) is 8.82. The van der Waals surface area contributed by atoms with E-state index >= 15 is 0 Å². The number of rotatable bonds is 7. The van der Waals surface area contributed by atoms with Gasteiger partial charge in [-0.25, -0.2) is 4.79 Å². The number of hydrogen-bond donors (Lipinski definition) is 2. The van der Waals surface area contributed by atoms with Gasteiger partial charge in [0.15, 0.2) is 0 Å². The summed E-state index contributed by atoms with van der Waals surface area (Å²) >= 11 is 0. The van der Waals surface area contributed by atoms with Gasteiger partial charge in [-0.1, -0.05) is 57.5 Å². The standard InChI is InChI=1S/C16H25NO2.C3H7N/c1-4-6-12-19-16(18)17-15(5-2)13(3)14-10-8-7-9-11-14;4-3-1-2-3/h7-11,13,15H,4-6,12H2,1-3H3,(H,17,18);3H,1-2,4H2. The van der Waals surface area contributed by atoms with Crippen LogP contribution >= 0.6 is 0 Å². The van der Waals surface area contributed by atoms with Crippen LogP contribution in [0, 0.1) is 0 Å². The van der Waals surface area contributed by atoms with Gasteiger partial charge in [-0.3, -0.25) is 0 Å². The van der Waals surface area contributed by atoms with Crippen molar-refractivity contribution in [3.63, 3.8) is 0 Å². The minimum Gasteiger partial charge on any atom is -0.450 e. The zero-order chi connectivity index (χ0) is 17.1. The summed E-state index contributed by atoms with van der Waals surface area (Å²) in [7, 11) is 0. The van der Waals surface area contributed by atoms with Crippen LogP contribution in [0.4, 0.5) is 4.79 Å². The van der Waals surface area contributed by atoms with Crippen molar-refractivity contribution >= 4 is 6.09 Å². The normalized spacial score (nSPS) is 15.8. The third kappa shape index (κ3) is 8.60. The molecule has 1 aliphatic rings. The number of unbranched alkanes of at least 4 members (excludes halogenated alkanes) is 1. The molecule has 4 nitrogen and oxygen atoms in total. The molecule has 1 aliphatic carbocycles. The molecule has 1 saturated carbocycles. The molecule has 2 unspecified atom stereocenters. The molecule has 2 rings (SSSR count). The van der Waals surface area contributed by atoms with Crippen LogP contribution in [0.1, 0.15) is 64.4 Å². The number of benzene rings is 1. The van der Waals surface area contributed by atoms with Gasteiger partial charge < -0.3 is 15.8 Å². The van der Waals surface area contributed by atoms with Gasteiger partial charge in [0.1, 0.15) is 0 Å². The Morgan fingerprint density at radius 3 is 2.39 bits per heavy atom. The predicted molar refractivity (Wildman–Crippen MR) is 95.5 cm³/mol. The fourth-order valence-corrected chi connectivity index (χ4v) is 2.17. The molecule has 0 heterocycles. The molecule has 1 aromatic carbocycles. The first kappa shape index (κ1) is 19.5. The van der Waals surface area contributed by atoms with Crippen LogP contribution in [0.25, 0.3) is 0 Å². The smallest absolute Gasteiger partial charge is 0.407 e. The molecule has 0 aliphatic heterocycles. The van der Waals surface area contributed by atoms with Gasteiger partial charge in [0, 0.05) is 18.0 Å². The van der Waals surface area contributed by atoms with Gasteiger partial charge in [0.05, 0.1) is 6.61 Å². The van der Waals surface area contributed by atoms with E-state index in [4.69, 9.17) is 10.5 Å². The van der Waals surface area contributed by atoms with E-state index in [2.05, 4.69) is 38.2 Å². The van der Waals surface area contributed by atoms with Crippen molar-refractivity contribution < 1.29 is 9.53 Å². The fraction of sp³-hybridized carbons (Fsp3) is 0.632. The second kappa shape index (κ2) is 11.1. The molecule has 0 spiro atoms. The molecule has 23 heavy (non-hydrogen) atoms. The van der Waals surface area contributed by atoms with Gasteiger partial charge >= 0.3 is 6.09 Å². The molecular formula is C19H32N2O2. The van der Waals surface area contributed by atoms with Crippen LogP contribution in [-0.4, -0.2) is 24.8 Å². The predicted octanol–water partition coefficient (Wildman–Crippen LogP) is 4.20. The molecular weight excluding hydrogens is 288 g/mol. The molecule has 1 aromatic rings. The van der Waals surface area contributed by atoms with Crippen molar-refractivity contribution in [2.24, 2.45) is 5.73 Å². The Morgan fingerprint density at radius 2 is 1.91 bits per heavy atom. The number of carbonyl (C=O) groups excluding carboxylic acids is 1. The third-order valence-electron chi connectivity index (χ3n) is 4.03. The summed E-state index contributed by atoms with van der Waals surface area (Å²) in [5.74, 6) is 0.282. The van der Waals surface area contributed by atoms with Crippen LogP contribution in [0.2, 0.25) is 0 Å². The van der Waals surface area contributed by atoms with E-state index in [1.807, 2.05) is 18.2 Å². The maximum absolute atomic E-state index is 11.7. The first-order valence-electron chi connectivity index (χ1n) is 8.82. The highest BCUT2D eigenvalue weighted by Crippen LogP contribution is 2.20. The van der Waals surface area contributed by atoms with Gasteiger partial charge in [-0.2, -0.15) is 0 Å². The minimum atomic E-state index is -0.303. The highest BCUT2D eigenvalue weighted by molar-refractivity contribution is 5.67. The zero-order valence-electron chi connectivity index (χ0n) is 14.8. The van der Waals surface area contributed by atoms with Crippen LogP contribution in [-0.2, 0) is 4.74 Å². The fourth-order valence-electron chi connectivity index (χ4n) is 2.17. The summed E-state index contributed by atoms with van der Waals surface area (Å²) in [4.78, 5) is 11.7. The molecule has 2 atom stereocenters. The maximum Gasteiger partial charge on any atom is 0.407 e. The lowest BCUT2D eigenvalue weighted by atomic mass is 9.92. The van der Waals surface area contributed by atoms with E-state index in [1.54, 1.807) is 0 Å². The summed E-state index contributed by atoms with van der Waals surface area (Å²) in [6, 6.07) is 10.9. The van der Waals surface area contributed by atoms with E-state index in [0.29, 0.717) is 12.6 Å². The summed E-state index contributed by atoms with van der Waals surface area (Å²) in [6.07, 6.45) is 5.06. The van der Waals surface area contributed by atoms with Gasteiger partial charge in [-0.05, 0) is 31.2 Å². The van der Waals surface area contributed by atoms with Gasteiger partial charge in [0.25, 0.3) is 0 Å². The van der Waals surface area contributed by atoms with Crippen molar-refractivity contribution in [3.8, 4) is 0 Å². The van der Waals surface area contributed by atoms with Crippen molar-refractivity contribution in [1.29, 1.82) is 0 Å². The lowest BCUT2D eigenvalue weighted by Crippen LogP contribution is -2.38. The Hall–Kier alpha value is -1.55. The molecule has 130 valence electrons. The first-order chi connectivity index (χ1) is 11.1. The van der Waals surface area contributed by atoms with E-state index in [9.17, 15) is 4.79 Å². The quantitative estimate of drug-likeness (QED) is 0.740. The topological polar surface area (TPSA) is 64.3 Å². The van der Waals surface area contributed by atoms with Gasteiger partial charge in [-0.15, -0.1) is 0 Å². The summed E-state index contributed by atoms with van der Waals surface area (Å²) in [6.45, 7) is 6.79. The largest absolute Gasteiger partial charge is 0.450 e. The van der Waals surface area contributed by atoms with Crippen LogP contribution in [0.3, 0.4) is 0 Å². The van der Waals surface area contributed by atoms with E-state index in [0.717, 1.165) is 19.3 Å². The van der Waals surface area contributed by atoms with E-state index < -0.39 is 0 Å². The Balaban J connectivity index is 0.000000570. The number of nitrogens with one attached hydrogen (secondary N) is 1. The molecule has 1 amide bonds. The SMILES string of the molecule is CCCCOC(=O)NC(CC)C(C)c1ccccc1.NC1CC1. The van der Waals surface area contributed by atoms with E-state index in [1.165, 1.54) is 18.4 Å². The minimum absolute atomic E-state index is 0.108. The molecule has 3 N–H and O–H groups in total. The lowest BCUT2D eigenvalue weighted by Gasteiger charge is -2.24. The second-order valence-electron chi connectivity index (χ2n) is 6.19. The number of ether oxygens (including phenoxy) is 1. The average Bonchev–Trinajstić information content (AvgIpc) is 3.36. The number of alkyl carbamates (subject to hydrolysis) is 1. The number of carbonyl (C=O) groups is 1. The molecule has 1 fully saturated rings. The number of hydrogen-bond acceptors (Lipinski definition) is 3. The highest BCUT2D eigenvalue weighted by atomic mass is 16.5. The highest BCUT2D eigenvalue weighted by Gasteiger charge is 2.19.